The molecule has 0 fully saturated rings. The first-order chi connectivity index (χ1) is 8.59. The van der Waals surface area contributed by atoms with Crippen LogP contribution in [0.25, 0.3) is 11.1 Å². The molecule has 0 aromatic heterocycles. The van der Waals surface area contributed by atoms with Crippen molar-refractivity contribution in [3.8, 4) is 11.1 Å². The Balaban J connectivity index is 2.62. The maximum atomic E-state index is 13.8. The van der Waals surface area contributed by atoms with Gasteiger partial charge in [-0.25, -0.2) is 8.78 Å². The standard InChI is InChI=1S/C14H11F2NO/c15-11-6-2-1-5-10(11)14-9(8-13(17)18)4-3-7-12(14)16/h1-7H,8H2,(H2,17,18). The first-order valence-corrected chi connectivity index (χ1v) is 5.40. The monoisotopic (exact) mass is 247 g/mol. The molecule has 18 heavy (non-hydrogen) atoms. The van der Waals surface area contributed by atoms with Gasteiger partial charge in [0.05, 0.1) is 6.42 Å². The van der Waals surface area contributed by atoms with E-state index in [-0.39, 0.29) is 17.5 Å². The number of primary amides is 1. The van der Waals surface area contributed by atoms with Crippen molar-refractivity contribution in [2.24, 2.45) is 5.73 Å². The summed E-state index contributed by atoms with van der Waals surface area (Å²) in [6, 6.07) is 10.1. The lowest BCUT2D eigenvalue weighted by atomic mass is 9.96. The fourth-order valence-corrected chi connectivity index (χ4v) is 1.87. The van der Waals surface area contributed by atoms with E-state index in [2.05, 4.69) is 0 Å². The fraction of sp³-hybridized carbons (Fsp3) is 0.0714. The Bertz CT molecular complexity index is 596. The average Bonchev–Trinajstić information content (AvgIpc) is 2.30. The van der Waals surface area contributed by atoms with Crippen LogP contribution in [0.4, 0.5) is 8.78 Å². The Morgan fingerprint density at radius 3 is 2.33 bits per heavy atom. The molecule has 0 atom stereocenters. The molecule has 4 heteroatoms. The SMILES string of the molecule is NC(=O)Cc1cccc(F)c1-c1ccccc1F. The van der Waals surface area contributed by atoms with Crippen molar-refractivity contribution in [2.45, 2.75) is 6.42 Å². The van der Waals surface area contributed by atoms with Crippen LogP contribution < -0.4 is 5.73 Å². The molecular weight excluding hydrogens is 236 g/mol. The van der Waals surface area contributed by atoms with Crippen molar-refractivity contribution in [3.63, 3.8) is 0 Å². The van der Waals surface area contributed by atoms with E-state index >= 15 is 0 Å². The number of hydrogen-bond donors (Lipinski definition) is 1. The fourth-order valence-electron chi connectivity index (χ4n) is 1.87. The Labute approximate surface area is 103 Å². The van der Waals surface area contributed by atoms with Gasteiger partial charge in [-0.3, -0.25) is 4.79 Å². The molecule has 0 saturated heterocycles. The molecule has 2 nitrogen and oxygen atoms in total. The van der Waals surface area contributed by atoms with Gasteiger partial charge in [0.25, 0.3) is 0 Å². The summed E-state index contributed by atoms with van der Waals surface area (Å²) >= 11 is 0. The van der Waals surface area contributed by atoms with Crippen LogP contribution in [0.3, 0.4) is 0 Å². The summed E-state index contributed by atoms with van der Waals surface area (Å²) in [6.07, 6.45) is -0.124. The molecule has 0 heterocycles. The predicted octanol–water partition coefficient (Wildman–Crippen LogP) is 2.66. The maximum absolute atomic E-state index is 13.8. The van der Waals surface area contributed by atoms with Crippen LogP contribution in [0.1, 0.15) is 5.56 Å². The molecule has 0 unspecified atom stereocenters. The van der Waals surface area contributed by atoms with E-state index in [9.17, 15) is 13.6 Å². The molecule has 0 aliphatic rings. The summed E-state index contributed by atoms with van der Waals surface area (Å²) in [5.41, 5.74) is 5.71. The van der Waals surface area contributed by atoms with Crippen molar-refractivity contribution >= 4 is 5.91 Å². The first-order valence-electron chi connectivity index (χ1n) is 5.40. The lowest BCUT2D eigenvalue weighted by Gasteiger charge is -2.10. The lowest BCUT2D eigenvalue weighted by molar-refractivity contribution is -0.117. The number of halogens is 2. The van der Waals surface area contributed by atoms with Gasteiger partial charge in [0, 0.05) is 11.1 Å². The topological polar surface area (TPSA) is 43.1 Å². The van der Waals surface area contributed by atoms with Crippen molar-refractivity contribution in [2.75, 3.05) is 0 Å². The van der Waals surface area contributed by atoms with Crippen molar-refractivity contribution in [3.05, 3.63) is 59.7 Å². The zero-order valence-corrected chi connectivity index (χ0v) is 9.49. The molecule has 1 amide bonds. The second kappa shape index (κ2) is 4.96. The summed E-state index contributed by atoms with van der Waals surface area (Å²) in [5.74, 6) is -1.69. The third kappa shape index (κ3) is 2.37. The van der Waals surface area contributed by atoms with Crippen LogP contribution in [0.5, 0.6) is 0 Å². The van der Waals surface area contributed by atoms with Gasteiger partial charge in [-0.1, -0.05) is 30.3 Å². The summed E-state index contributed by atoms with van der Waals surface area (Å²) in [6.45, 7) is 0. The third-order valence-electron chi connectivity index (χ3n) is 2.61. The number of amides is 1. The summed E-state index contributed by atoms with van der Waals surface area (Å²) in [5, 5.41) is 0. The highest BCUT2D eigenvalue weighted by Gasteiger charge is 2.15. The average molecular weight is 247 g/mol. The maximum Gasteiger partial charge on any atom is 0.221 e. The zero-order chi connectivity index (χ0) is 13.1. The van der Waals surface area contributed by atoms with Gasteiger partial charge >= 0.3 is 0 Å². The third-order valence-corrected chi connectivity index (χ3v) is 2.61. The minimum atomic E-state index is -0.585. The van der Waals surface area contributed by atoms with Gasteiger partial charge in [-0.15, -0.1) is 0 Å². The van der Waals surface area contributed by atoms with E-state index in [1.54, 1.807) is 12.1 Å². The summed E-state index contributed by atoms with van der Waals surface area (Å²) in [7, 11) is 0. The smallest absolute Gasteiger partial charge is 0.221 e. The van der Waals surface area contributed by atoms with Gasteiger partial charge < -0.3 is 5.73 Å². The molecule has 0 aliphatic carbocycles. The van der Waals surface area contributed by atoms with E-state index in [0.29, 0.717) is 5.56 Å². The molecule has 0 saturated carbocycles. The Morgan fingerprint density at radius 1 is 1.00 bits per heavy atom. The Kier molecular flexibility index (Phi) is 3.37. The Morgan fingerprint density at radius 2 is 1.67 bits per heavy atom. The molecule has 0 aliphatic heterocycles. The number of carbonyl (C=O) groups is 1. The molecule has 2 aromatic carbocycles. The molecule has 2 N–H and O–H groups in total. The molecule has 0 spiro atoms. The predicted molar refractivity (Wildman–Crippen MR) is 64.7 cm³/mol. The summed E-state index contributed by atoms with van der Waals surface area (Å²) in [4.78, 5) is 11.0. The lowest BCUT2D eigenvalue weighted by Crippen LogP contribution is -2.14. The van der Waals surface area contributed by atoms with Crippen LogP contribution in [0, 0.1) is 11.6 Å². The van der Waals surface area contributed by atoms with E-state index < -0.39 is 17.5 Å². The van der Waals surface area contributed by atoms with E-state index in [1.807, 2.05) is 0 Å². The molecule has 0 radical (unpaired) electrons. The van der Waals surface area contributed by atoms with Crippen LogP contribution in [0.15, 0.2) is 42.5 Å². The van der Waals surface area contributed by atoms with Crippen LogP contribution in [-0.4, -0.2) is 5.91 Å². The quantitative estimate of drug-likeness (QED) is 0.890. The number of nitrogens with two attached hydrogens (primary N) is 1. The molecule has 2 aromatic rings. The van der Waals surface area contributed by atoms with E-state index in [0.717, 1.165) is 0 Å². The highest BCUT2D eigenvalue weighted by atomic mass is 19.1. The molecule has 2 rings (SSSR count). The Hall–Kier alpha value is -2.23. The largest absolute Gasteiger partial charge is 0.369 e. The van der Waals surface area contributed by atoms with Crippen LogP contribution in [0.2, 0.25) is 0 Å². The van der Waals surface area contributed by atoms with Gasteiger partial charge in [-0.05, 0) is 17.7 Å². The first kappa shape index (κ1) is 12.2. The second-order valence-corrected chi connectivity index (χ2v) is 3.90. The van der Waals surface area contributed by atoms with Crippen molar-refractivity contribution in [1.29, 1.82) is 0 Å². The van der Waals surface area contributed by atoms with E-state index in [4.69, 9.17) is 5.73 Å². The minimum absolute atomic E-state index is 0.0920. The normalized spacial score (nSPS) is 10.3. The number of carbonyl (C=O) groups excluding carboxylic acids is 1. The highest BCUT2D eigenvalue weighted by Crippen LogP contribution is 2.29. The van der Waals surface area contributed by atoms with Crippen molar-refractivity contribution in [1.82, 2.24) is 0 Å². The summed E-state index contributed by atoms with van der Waals surface area (Å²) < 4.78 is 27.5. The minimum Gasteiger partial charge on any atom is -0.369 e. The van der Waals surface area contributed by atoms with E-state index in [1.165, 1.54) is 30.3 Å². The number of hydrogen-bond acceptors (Lipinski definition) is 1. The van der Waals surface area contributed by atoms with Gasteiger partial charge in [0.1, 0.15) is 11.6 Å². The zero-order valence-electron chi connectivity index (χ0n) is 9.49. The van der Waals surface area contributed by atoms with Crippen LogP contribution in [-0.2, 0) is 11.2 Å². The molecular formula is C14H11F2NO. The number of benzene rings is 2. The van der Waals surface area contributed by atoms with Gasteiger partial charge in [0.15, 0.2) is 0 Å². The molecule has 0 bridgehead atoms. The number of rotatable bonds is 3. The van der Waals surface area contributed by atoms with Gasteiger partial charge in [0.2, 0.25) is 5.91 Å². The molecule has 92 valence electrons. The highest BCUT2D eigenvalue weighted by molar-refractivity contribution is 5.80. The van der Waals surface area contributed by atoms with Crippen LogP contribution >= 0.6 is 0 Å². The van der Waals surface area contributed by atoms with Crippen molar-refractivity contribution < 1.29 is 13.6 Å². The second-order valence-electron chi connectivity index (χ2n) is 3.90. The van der Waals surface area contributed by atoms with Gasteiger partial charge in [-0.2, -0.15) is 0 Å².